The van der Waals surface area contributed by atoms with Crippen LogP contribution in [0.1, 0.15) is 13.8 Å². The van der Waals surface area contributed by atoms with Crippen molar-refractivity contribution in [1.82, 2.24) is 0 Å². The second kappa shape index (κ2) is 6.28. The molecule has 0 atom stereocenters. The molecule has 1 aromatic carbocycles. The molecule has 0 aliphatic heterocycles. The van der Waals surface area contributed by atoms with Crippen LogP contribution < -0.4 is 4.74 Å². The van der Waals surface area contributed by atoms with Crippen LogP contribution in [0.15, 0.2) is 23.1 Å². The third-order valence-electron chi connectivity index (χ3n) is 2.51. The standard InChI is InChI=1S/C11H14ClFO5S2/c1-8(2)19(14,15)6-5-18-10-4-3-9(13)7-11(10)20(12,16)17/h3-4,7-8H,5-6H2,1-2H3. The van der Waals surface area contributed by atoms with Gasteiger partial charge in [0.1, 0.15) is 23.1 Å². The summed E-state index contributed by atoms with van der Waals surface area (Å²) >= 11 is 0. The van der Waals surface area contributed by atoms with E-state index in [0.29, 0.717) is 6.07 Å². The Labute approximate surface area is 122 Å². The third kappa shape index (κ3) is 4.60. The van der Waals surface area contributed by atoms with Gasteiger partial charge < -0.3 is 4.74 Å². The van der Waals surface area contributed by atoms with E-state index in [2.05, 4.69) is 0 Å². The lowest BCUT2D eigenvalue weighted by molar-refractivity contribution is 0.331. The first-order valence-electron chi connectivity index (χ1n) is 5.62. The molecule has 1 rings (SSSR count). The van der Waals surface area contributed by atoms with Crippen molar-refractivity contribution >= 4 is 29.6 Å². The van der Waals surface area contributed by atoms with Crippen LogP contribution in [0.3, 0.4) is 0 Å². The Morgan fingerprint density at radius 3 is 2.35 bits per heavy atom. The Bertz CT molecular complexity index is 683. The van der Waals surface area contributed by atoms with E-state index in [1.54, 1.807) is 0 Å². The van der Waals surface area contributed by atoms with Crippen molar-refractivity contribution in [1.29, 1.82) is 0 Å². The van der Waals surface area contributed by atoms with E-state index in [4.69, 9.17) is 15.4 Å². The van der Waals surface area contributed by atoms with Crippen LogP contribution >= 0.6 is 10.7 Å². The van der Waals surface area contributed by atoms with Gasteiger partial charge in [-0.15, -0.1) is 0 Å². The number of ether oxygens (including phenoxy) is 1. The first-order valence-corrected chi connectivity index (χ1v) is 9.65. The fourth-order valence-electron chi connectivity index (χ4n) is 1.30. The van der Waals surface area contributed by atoms with Crippen LogP contribution in [0.5, 0.6) is 5.75 Å². The van der Waals surface area contributed by atoms with Crippen LogP contribution in [0.25, 0.3) is 0 Å². The molecule has 0 amide bonds. The highest BCUT2D eigenvalue weighted by Crippen LogP contribution is 2.27. The van der Waals surface area contributed by atoms with Gasteiger partial charge in [-0.3, -0.25) is 0 Å². The monoisotopic (exact) mass is 344 g/mol. The van der Waals surface area contributed by atoms with Crippen molar-refractivity contribution in [2.75, 3.05) is 12.4 Å². The first-order chi connectivity index (χ1) is 9.04. The Hall–Kier alpha value is -0.860. The number of hydrogen-bond acceptors (Lipinski definition) is 5. The maximum absolute atomic E-state index is 13.0. The number of halogens is 2. The van der Waals surface area contributed by atoms with E-state index in [9.17, 15) is 21.2 Å². The highest BCUT2D eigenvalue weighted by molar-refractivity contribution is 8.13. The summed E-state index contributed by atoms with van der Waals surface area (Å²) in [7, 11) is -2.32. The Balaban J connectivity index is 2.90. The van der Waals surface area contributed by atoms with Crippen molar-refractivity contribution in [2.24, 2.45) is 0 Å². The van der Waals surface area contributed by atoms with Crippen molar-refractivity contribution in [3.05, 3.63) is 24.0 Å². The van der Waals surface area contributed by atoms with Crippen molar-refractivity contribution in [3.63, 3.8) is 0 Å². The summed E-state index contributed by atoms with van der Waals surface area (Å²) in [5, 5.41) is -0.560. The Kier molecular flexibility index (Phi) is 5.39. The molecule has 114 valence electrons. The fraction of sp³-hybridized carbons (Fsp3) is 0.455. The van der Waals surface area contributed by atoms with Crippen LogP contribution in [0.4, 0.5) is 4.39 Å². The van der Waals surface area contributed by atoms with Crippen molar-refractivity contribution < 1.29 is 26.0 Å². The summed E-state index contributed by atoms with van der Waals surface area (Å²) in [6.45, 7) is 2.81. The van der Waals surface area contributed by atoms with Gasteiger partial charge >= 0.3 is 0 Å². The van der Waals surface area contributed by atoms with Crippen LogP contribution in [-0.4, -0.2) is 34.4 Å². The first kappa shape index (κ1) is 17.2. The molecule has 0 saturated carbocycles. The lowest BCUT2D eigenvalue weighted by Crippen LogP contribution is -2.22. The summed E-state index contributed by atoms with van der Waals surface area (Å²) in [5.41, 5.74) is 0. The van der Waals surface area contributed by atoms with Gasteiger partial charge in [0, 0.05) is 10.7 Å². The summed E-state index contributed by atoms with van der Waals surface area (Å²) in [5.74, 6) is -1.24. The molecule has 0 heterocycles. The van der Waals surface area contributed by atoms with E-state index < -0.39 is 34.9 Å². The zero-order valence-electron chi connectivity index (χ0n) is 10.8. The maximum Gasteiger partial charge on any atom is 0.265 e. The summed E-state index contributed by atoms with van der Waals surface area (Å²) in [6, 6.07) is 2.80. The molecule has 1 aromatic rings. The van der Waals surface area contributed by atoms with E-state index in [1.807, 2.05) is 0 Å². The maximum atomic E-state index is 13.0. The molecule has 0 radical (unpaired) electrons. The molecule has 0 spiro atoms. The van der Waals surface area contributed by atoms with Gasteiger partial charge in [-0.05, 0) is 32.0 Å². The van der Waals surface area contributed by atoms with Crippen LogP contribution in [-0.2, 0) is 18.9 Å². The summed E-state index contributed by atoms with van der Waals surface area (Å²) < 4.78 is 63.8. The summed E-state index contributed by atoms with van der Waals surface area (Å²) in [6.07, 6.45) is 0. The zero-order chi connectivity index (χ0) is 15.6. The quantitative estimate of drug-likeness (QED) is 0.737. The number of sulfone groups is 1. The van der Waals surface area contributed by atoms with Crippen LogP contribution in [0, 0.1) is 5.82 Å². The molecule has 0 N–H and O–H groups in total. The average Bonchev–Trinajstić information content (AvgIpc) is 2.29. The normalized spacial score (nSPS) is 12.7. The molecule has 0 bridgehead atoms. The second-order valence-corrected chi connectivity index (χ2v) is 9.50. The molecular weight excluding hydrogens is 331 g/mol. The average molecular weight is 345 g/mol. The van der Waals surface area contributed by atoms with Crippen molar-refractivity contribution in [2.45, 2.75) is 24.0 Å². The number of hydrogen-bond donors (Lipinski definition) is 0. The molecule has 0 aliphatic carbocycles. The molecule has 0 saturated heterocycles. The fourth-order valence-corrected chi connectivity index (χ4v) is 3.06. The molecule has 0 aromatic heterocycles. The predicted octanol–water partition coefficient (Wildman–Crippen LogP) is 1.96. The Morgan fingerprint density at radius 2 is 1.85 bits per heavy atom. The minimum Gasteiger partial charge on any atom is -0.491 e. The number of benzene rings is 1. The van der Waals surface area contributed by atoms with Crippen LogP contribution in [0.2, 0.25) is 0 Å². The van der Waals surface area contributed by atoms with Gasteiger partial charge in [0.05, 0.1) is 11.0 Å². The molecule has 0 unspecified atom stereocenters. The SMILES string of the molecule is CC(C)S(=O)(=O)CCOc1ccc(F)cc1S(=O)(=O)Cl. The minimum absolute atomic E-state index is 0.180. The summed E-state index contributed by atoms with van der Waals surface area (Å²) in [4.78, 5) is -0.527. The van der Waals surface area contributed by atoms with Crippen molar-refractivity contribution in [3.8, 4) is 5.75 Å². The Morgan fingerprint density at radius 1 is 1.25 bits per heavy atom. The molecule has 0 fully saturated rings. The highest BCUT2D eigenvalue weighted by Gasteiger charge is 2.20. The zero-order valence-corrected chi connectivity index (χ0v) is 13.2. The molecular formula is C11H14ClFO5S2. The van der Waals surface area contributed by atoms with Gasteiger partial charge in [0.25, 0.3) is 9.05 Å². The van der Waals surface area contributed by atoms with Gasteiger partial charge in [-0.25, -0.2) is 21.2 Å². The minimum atomic E-state index is -4.18. The molecule has 0 aliphatic rings. The topological polar surface area (TPSA) is 77.5 Å². The van der Waals surface area contributed by atoms with Gasteiger partial charge in [0.2, 0.25) is 0 Å². The van der Waals surface area contributed by atoms with E-state index >= 15 is 0 Å². The number of rotatable bonds is 6. The largest absolute Gasteiger partial charge is 0.491 e. The van der Waals surface area contributed by atoms with E-state index in [0.717, 1.165) is 12.1 Å². The molecule has 9 heteroatoms. The van der Waals surface area contributed by atoms with E-state index in [-0.39, 0.29) is 18.1 Å². The smallest absolute Gasteiger partial charge is 0.265 e. The predicted molar refractivity (Wildman–Crippen MR) is 73.9 cm³/mol. The third-order valence-corrected chi connectivity index (χ3v) is 6.03. The molecule has 20 heavy (non-hydrogen) atoms. The lowest BCUT2D eigenvalue weighted by Gasteiger charge is -2.11. The van der Waals surface area contributed by atoms with Gasteiger partial charge in [-0.1, -0.05) is 0 Å². The highest BCUT2D eigenvalue weighted by atomic mass is 35.7. The molecule has 5 nitrogen and oxygen atoms in total. The van der Waals surface area contributed by atoms with Gasteiger partial charge in [-0.2, -0.15) is 0 Å². The lowest BCUT2D eigenvalue weighted by atomic mass is 10.3. The second-order valence-electron chi connectivity index (χ2n) is 4.29. The van der Waals surface area contributed by atoms with Gasteiger partial charge in [0.15, 0.2) is 9.84 Å². The van der Waals surface area contributed by atoms with E-state index in [1.165, 1.54) is 13.8 Å².